The maximum atomic E-state index is 5.64. The molecule has 29 heavy (non-hydrogen) atoms. The number of ether oxygens (including phenoxy) is 2. The molecule has 0 spiro atoms. The molecule has 1 aromatic heterocycles. The Labute approximate surface area is 169 Å². The molecule has 0 radical (unpaired) electrons. The molecule has 3 aromatic rings. The molecular weight excluding hydrogens is 366 g/mol. The molecular formula is C22H23N5O2. The normalized spacial score (nSPS) is 15.2. The van der Waals surface area contributed by atoms with Gasteiger partial charge in [0, 0.05) is 42.3 Å². The van der Waals surface area contributed by atoms with E-state index in [0.29, 0.717) is 19.0 Å². The van der Waals surface area contributed by atoms with Gasteiger partial charge >= 0.3 is 0 Å². The topological polar surface area (TPSA) is 71.5 Å². The standard InChI is InChI=1S/C22H23N5O2/c1-2-10-27(9-1)18-6-3-16(4-7-18)25-21-14-22(24-15-23-21)26-17-5-8-19-20(13-17)29-12-11-28-19/h3-8,13-15H,1-2,9-12H2,(H2,23,24,25,26). The lowest BCUT2D eigenvalue weighted by Crippen LogP contribution is -2.17. The molecule has 0 unspecified atom stereocenters. The van der Waals surface area contributed by atoms with Gasteiger partial charge in [-0.15, -0.1) is 0 Å². The molecule has 2 N–H and O–H groups in total. The zero-order valence-electron chi connectivity index (χ0n) is 16.1. The average Bonchev–Trinajstić information content (AvgIpc) is 3.29. The van der Waals surface area contributed by atoms with Crippen LogP contribution in [0.4, 0.5) is 28.7 Å². The first-order valence-corrected chi connectivity index (χ1v) is 9.94. The van der Waals surface area contributed by atoms with Crippen LogP contribution in [0.1, 0.15) is 12.8 Å². The summed E-state index contributed by atoms with van der Waals surface area (Å²) in [5, 5.41) is 6.64. The quantitative estimate of drug-likeness (QED) is 0.673. The summed E-state index contributed by atoms with van der Waals surface area (Å²) < 4.78 is 11.2. The van der Waals surface area contributed by atoms with Gasteiger partial charge in [-0.3, -0.25) is 0 Å². The molecule has 5 rings (SSSR count). The zero-order chi connectivity index (χ0) is 19.5. The van der Waals surface area contributed by atoms with Gasteiger partial charge in [-0.05, 0) is 49.2 Å². The van der Waals surface area contributed by atoms with Crippen LogP contribution in [-0.2, 0) is 0 Å². The molecule has 7 nitrogen and oxygen atoms in total. The van der Waals surface area contributed by atoms with Gasteiger partial charge in [0.05, 0.1) is 0 Å². The van der Waals surface area contributed by atoms with E-state index >= 15 is 0 Å². The van der Waals surface area contributed by atoms with Crippen LogP contribution in [0.25, 0.3) is 0 Å². The number of nitrogens with one attached hydrogen (secondary N) is 2. The van der Waals surface area contributed by atoms with E-state index in [9.17, 15) is 0 Å². The molecule has 0 amide bonds. The SMILES string of the molecule is c1nc(Nc2ccc(N3CCCC3)cc2)cc(Nc2ccc3c(c2)OCCO3)n1. The minimum absolute atomic E-state index is 0.564. The van der Waals surface area contributed by atoms with Gasteiger partial charge in [0.2, 0.25) is 0 Å². The van der Waals surface area contributed by atoms with Crippen LogP contribution in [0.5, 0.6) is 11.5 Å². The van der Waals surface area contributed by atoms with Gasteiger partial charge in [0.1, 0.15) is 31.2 Å². The molecule has 1 fully saturated rings. The third-order valence-corrected chi connectivity index (χ3v) is 5.09. The summed E-state index contributed by atoms with van der Waals surface area (Å²) in [7, 11) is 0. The molecule has 0 atom stereocenters. The van der Waals surface area contributed by atoms with Crippen molar-refractivity contribution in [2.24, 2.45) is 0 Å². The molecule has 2 aliphatic heterocycles. The van der Waals surface area contributed by atoms with Crippen LogP contribution in [0.15, 0.2) is 54.9 Å². The fourth-order valence-corrected chi connectivity index (χ4v) is 3.64. The first kappa shape index (κ1) is 17.6. The van der Waals surface area contributed by atoms with Crippen molar-refractivity contribution in [3.8, 4) is 11.5 Å². The van der Waals surface area contributed by atoms with Gasteiger partial charge in [-0.2, -0.15) is 0 Å². The van der Waals surface area contributed by atoms with E-state index in [1.807, 2.05) is 24.3 Å². The highest BCUT2D eigenvalue weighted by molar-refractivity contribution is 5.66. The lowest BCUT2D eigenvalue weighted by molar-refractivity contribution is 0.171. The van der Waals surface area contributed by atoms with Crippen LogP contribution in [-0.4, -0.2) is 36.3 Å². The Kier molecular flexibility index (Phi) is 4.78. The maximum absolute atomic E-state index is 5.64. The van der Waals surface area contributed by atoms with Crippen LogP contribution in [0, 0.1) is 0 Å². The van der Waals surface area contributed by atoms with Crippen molar-refractivity contribution in [3.05, 3.63) is 54.9 Å². The predicted molar refractivity (Wildman–Crippen MR) is 114 cm³/mol. The monoisotopic (exact) mass is 389 g/mol. The molecule has 2 aromatic carbocycles. The summed E-state index contributed by atoms with van der Waals surface area (Å²) in [5.41, 5.74) is 3.16. The van der Waals surface area contributed by atoms with Gasteiger partial charge < -0.3 is 25.0 Å². The highest BCUT2D eigenvalue weighted by Gasteiger charge is 2.13. The lowest BCUT2D eigenvalue weighted by atomic mass is 10.2. The predicted octanol–water partition coefficient (Wildman–Crippen LogP) is 4.34. The van der Waals surface area contributed by atoms with Crippen molar-refractivity contribution in [2.75, 3.05) is 41.8 Å². The van der Waals surface area contributed by atoms with E-state index in [4.69, 9.17) is 9.47 Å². The summed E-state index contributed by atoms with van der Waals surface area (Å²) in [6.45, 7) is 3.44. The van der Waals surface area contributed by atoms with Crippen molar-refractivity contribution < 1.29 is 9.47 Å². The van der Waals surface area contributed by atoms with Gasteiger partial charge in [0.15, 0.2) is 11.5 Å². The fourth-order valence-electron chi connectivity index (χ4n) is 3.64. The Bertz CT molecular complexity index is 987. The van der Waals surface area contributed by atoms with Crippen LogP contribution in [0.3, 0.4) is 0 Å². The zero-order valence-corrected chi connectivity index (χ0v) is 16.1. The van der Waals surface area contributed by atoms with Crippen LogP contribution < -0.4 is 25.0 Å². The summed E-state index contributed by atoms with van der Waals surface area (Å²) in [6, 6.07) is 16.1. The summed E-state index contributed by atoms with van der Waals surface area (Å²) in [4.78, 5) is 11.1. The number of fused-ring (bicyclic) bond motifs is 1. The second kappa shape index (κ2) is 7.87. The van der Waals surface area contributed by atoms with Crippen molar-refractivity contribution in [1.29, 1.82) is 0 Å². The second-order valence-electron chi connectivity index (χ2n) is 7.14. The first-order valence-electron chi connectivity index (χ1n) is 9.94. The number of anilines is 5. The Hall–Kier alpha value is -3.48. The largest absolute Gasteiger partial charge is 0.486 e. The van der Waals surface area contributed by atoms with E-state index in [2.05, 4.69) is 49.8 Å². The van der Waals surface area contributed by atoms with Crippen LogP contribution in [0.2, 0.25) is 0 Å². The van der Waals surface area contributed by atoms with E-state index in [-0.39, 0.29) is 0 Å². The van der Waals surface area contributed by atoms with E-state index in [1.165, 1.54) is 18.5 Å². The second-order valence-corrected chi connectivity index (χ2v) is 7.14. The Morgan fingerprint density at radius 1 is 0.724 bits per heavy atom. The molecule has 148 valence electrons. The fraction of sp³-hybridized carbons (Fsp3) is 0.273. The summed E-state index contributed by atoms with van der Waals surface area (Å²) in [6.07, 6.45) is 4.10. The Morgan fingerprint density at radius 3 is 2.14 bits per heavy atom. The highest BCUT2D eigenvalue weighted by Crippen LogP contribution is 2.33. The number of hydrogen-bond donors (Lipinski definition) is 2. The minimum atomic E-state index is 0.564. The van der Waals surface area contributed by atoms with Crippen molar-refractivity contribution in [1.82, 2.24) is 9.97 Å². The molecule has 7 heteroatoms. The molecule has 3 heterocycles. The van der Waals surface area contributed by atoms with Gasteiger partial charge in [-0.1, -0.05) is 0 Å². The lowest BCUT2D eigenvalue weighted by Gasteiger charge is -2.19. The molecule has 1 saturated heterocycles. The number of aromatic nitrogens is 2. The van der Waals surface area contributed by atoms with E-state index in [1.54, 1.807) is 6.33 Å². The minimum Gasteiger partial charge on any atom is -0.486 e. The Balaban J connectivity index is 1.27. The summed E-state index contributed by atoms with van der Waals surface area (Å²) in [5.74, 6) is 2.94. The molecule has 0 bridgehead atoms. The smallest absolute Gasteiger partial charge is 0.163 e. The van der Waals surface area contributed by atoms with Crippen LogP contribution >= 0.6 is 0 Å². The average molecular weight is 389 g/mol. The highest BCUT2D eigenvalue weighted by atomic mass is 16.6. The van der Waals surface area contributed by atoms with Gasteiger partial charge in [-0.25, -0.2) is 9.97 Å². The third-order valence-electron chi connectivity index (χ3n) is 5.09. The number of benzene rings is 2. The first-order chi connectivity index (χ1) is 14.3. The van der Waals surface area contributed by atoms with E-state index in [0.717, 1.165) is 41.8 Å². The summed E-state index contributed by atoms with van der Waals surface area (Å²) >= 11 is 0. The number of nitrogens with zero attached hydrogens (tertiary/aromatic N) is 3. The third kappa shape index (κ3) is 4.03. The molecule has 0 saturated carbocycles. The Morgan fingerprint density at radius 2 is 1.38 bits per heavy atom. The maximum Gasteiger partial charge on any atom is 0.163 e. The number of hydrogen-bond acceptors (Lipinski definition) is 7. The van der Waals surface area contributed by atoms with Gasteiger partial charge in [0.25, 0.3) is 0 Å². The van der Waals surface area contributed by atoms with Crippen molar-refractivity contribution >= 4 is 28.7 Å². The van der Waals surface area contributed by atoms with Crippen molar-refractivity contribution in [2.45, 2.75) is 12.8 Å². The molecule has 0 aliphatic carbocycles. The van der Waals surface area contributed by atoms with Crippen molar-refractivity contribution in [3.63, 3.8) is 0 Å². The van der Waals surface area contributed by atoms with E-state index < -0.39 is 0 Å². The molecule has 2 aliphatic rings. The number of rotatable bonds is 5.